The Balaban J connectivity index is 2.24. The first-order chi connectivity index (χ1) is 15.0. The van der Waals surface area contributed by atoms with Crippen molar-refractivity contribution in [1.29, 1.82) is 0 Å². The SMILES string of the molecule is CCc1cc(OC(F)(F)F)cc2c1OC(C(F)(F)F)C(C(=O)OCCOCCONO)=C2. The molecule has 0 radical (unpaired) electrons. The van der Waals surface area contributed by atoms with E-state index in [1.807, 2.05) is 0 Å². The summed E-state index contributed by atoms with van der Waals surface area (Å²) in [5, 5.41) is 8.18. The zero-order chi connectivity index (χ0) is 23.9. The van der Waals surface area contributed by atoms with Crippen LogP contribution in [0.3, 0.4) is 0 Å². The second-order valence-corrected chi connectivity index (χ2v) is 6.23. The van der Waals surface area contributed by atoms with E-state index in [2.05, 4.69) is 9.57 Å². The third kappa shape index (κ3) is 7.25. The van der Waals surface area contributed by atoms with Crippen molar-refractivity contribution >= 4 is 12.0 Å². The Hall–Kier alpha value is -2.55. The van der Waals surface area contributed by atoms with Gasteiger partial charge in [0.25, 0.3) is 0 Å². The Bertz CT molecular complexity index is 825. The molecule has 1 unspecified atom stereocenters. The molecular weight excluding hydrogens is 456 g/mol. The summed E-state index contributed by atoms with van der Waals surface area (Å²) in [7, 11) is 0. The van der Waals surface area contributed by atoms with Crippen LogP contribution in [0.2, 0.25) is 0 Å². The largest absolute Gasteiger partial charge is 0.573 e. The van der Waals surface area contributed by atoms with Crippen LogP contribution in [0.1, 0.15) is 18.1 Å². The lowest BCUT2D eigenvalue weighted by Crippen LogP contribution is -2.41. The van der Waals surface area contributed by atoms with E-state index in [1.54, 1.807) is 0 Å². The smallest absolute Gasteiger partial charge is 0.475 e. The van der Waals surface area contributed by atoms with Gasteiger partial charge in [0, 0.05) is 5.56 Å². The molecule has 1 aliphatic heterocycles. The maximum Gasteiger partial charge on any atom is 0.573 e. The van der Waals surface area contributed by atoms with Gasteiger partial charge in [-0.15, -0.1) is 13.2 Å². The summed E-state index contributed by atoms with van der Waals surface area (Å²) in [4.78, 5) is 16.6. The Morgan fingerprint density at radius 3 is 2.41 bits per heavy atom. The summed E-state index contributed by atoms with van der Waals surface area (Å²) < 4.78 is 96.9. The average Bonchev–Trinajstić information content (AvgIpc) is 2.69. The van der Waals surface area contributed by atoms with Crippen molar-refractivity contribution in [2.45, 2.75) is 32.0 Å². The van der Waals surface area contributed by atoms with Crippen LogP contribution >= 0.6 is 0 Å². The van der Waals surface area contributed by atoms with Crippen LogP contribution in [-0.4, -0.2) is 56.2 Å². The monoisotopic (exact) mass is 475 g/mol. The molecule has 1 atom stereocenters. The minimum absolute atomic E-state index is 0.0166. The number of aryl methyl sites for hydroxylation is 1. The number of carbonyl (C=O) groups excluding carboxylic acids is 1. The van der Waals surface area contributed by atoms with Crippen LogP contribution in [0.5, 0.6) is 11.5 Å². The molecule has 2 N–H and O–H groups in total. The van der Waals surface area contributed by atoms with Crippen LogP contribution < -0.4 is 15.1 Å². The van der Waals surface area contributed by atoms with Crippen molar-refractivity contribution in [3.63, 3.8) is 0 Å². The van der Waals surface area contributed by atoms with Gasteiger partial charge in [-0.3, -0.25) is 10.0 Å². The number of hydrogen-bond donors (Lipinski definition) is 2. The van der Waals surface area contributed by atoms with Crippen molar-refractivity contribution in [3.05, 3.63) is 28.8 Å². The fraction of sp³-hybridized carbons (Fsp3) is 0.500. The van der Waals surface area contributed by atoms with Crippen molar-refractivity contribution in [2.75, 3.05) is 26.4 Å². The Morgan fingerprint density at radius 1 is 1.12 bits per heavy atom. The zero-order valence-corrected chi connectivity index (χ0v) is 16.5. The number of halogens is 6. The predicted octanol–water partition coefficient (Wildman–Crippen LogP) is 3.32. The van der Waals surface area contributed by atoms with Crippen LogP contribution in [0.4, 0.5) is 26.3 Å². The molecule has 0 spiro atoms. The summed E-state index contributed by atoms with van der Waals surface area (Å²) in [5.41, 5.74) is 0.307. The van der Waals surface area contributed by atoms with Crippen molar-refractivity contribution in [3.8, 4) is 11.5 Å². The fourth-order valence-electron chi connectivity index (χ4n) is 2.75. The molecule has 1 aliphatic rings. The number of fused-ring (bicyclic) bond motifs is 1. The molecule has 14 heteroatoms. The molecule has 0 saturated heterocycles. The number of ether oxygens (including phenoxy) is 4. The number of esters is 1. The van der Waals surface area contributed by atoms with Gasteiger partial charge in [0.2, 0.25) is 6.10 Å². The summed E-state index contributed by atoms with van der Waals surface area (Å²) in [6.07, 6.45) is -11.9. The molecular formula is C18H19F6NO7. The molecule has 1 heterocycles. The van der Waals surface area contributed by atoms with Crippen molar-refractivity contribution in [2.24, 2.45) is 0 Å². The molecule has 1 aromatic rings. The molecule has 0 aromatic heterocycles. The van der Waals surface area contributed by atoms with E-state index in [4.69, 9.17) is 19.4 Å². The lowest BCUT2D eigenvalue weighted by molar-refractivity contribution is -0.274. The summed E-state index contributed by atoms with van der Waals surface area (Å²) in [6, 6.07) is 1.74. The highest BCUT2D eigenvalue weighted by atomic mass is 19.4. The van der Waals surface area contributed by atoms with Gasteiger partial charge in [-0.2, -0.15) is 13.2 Å². The van der Waals surface area contributed by atoms with Gasteiger partial charge in [0.05, 0.1) is 25.4 Å². The van der Waals surface area contributed by atoms with E-state index in [0.717, 1.165) is 18.2 Å². The topological polar surface area (TPSA) is 95.5 Å². The number of alkyl halides is 6. The van der Waals surface area contributed by atoms with Crippen LogP contribution in [0.25, 0.3) is 6.08 Å². The van der Waals surface area contributed by atoms with Gasteiger partial charge in [-0.1, -0.05) is 12.6 Å². The summed E-state index contributed by atoms with van der Waals surface area (Å²) in [6.45, 7) is 0.826. The third-order valence-corrected chi connectivity index (χ3v) is 4.00. The lowest BCUT2D eigenvalue weighted by atomic mass is 9.97. The van der Waals surface area contributed by atoms with Gasteiger partial charge in [0.1, 0.15) is 18.1 Å². The number of rotatable bonds is 10. The maximum absolute atomic E-state index is 13.5. The normalized spacial score (nSPS) is 16.1. The second-order valence-electron chi connectivity index (χ2n) is 6.23. The number of carbonyl (C=O) groups is 1. The molecule has 32 heavy (non-hydrogen) atoms. The van der Waals surface area contributed by atoms with Gasteiger partial charge >= 0.3 is 18.5 Å². The van der Waals surface area contributed by atoms with Gasteiger partial charge in [-0.25, -0.2) is 4.79 Å². The maximum atomic E-state index is 13.5. The Kier molecular flexibility index (Phi) is 8.72. The lowest BCUT2D eigenvalue weighted by Gasteiger charge is -2.29. The standard InChI is InChI=1S/C18H19F6NO7/c1-2-10-7-12(32-18(22,23)24)8-11-9-13(15(17(19,20)21)31-14(10)11)16(26)29-5-3-28-4-6-30-25-27/h7-9,15,25,27H,2-6H2,1H3. The first-order valence-corrected chi connectivity index (χ1v) is 9.09. The van der Waals surface area contributed by atoms with Gasteiger partial charge in [0.15, 0.2) is 0 Å². The summed E-state index contributed by atoms with van der Waals surface area (Å²) >= 11 is 0. The Labute approximate surface area is 177 Å². The minimum Gasteiger partial charge on any atom is -0.475 e. The molecule has 1 aromatic carbocycles. The van der Waals surface area contributed by atoms with Crippen LogP contribution in [0, 0.1) is 0 Å². The van der Waals surface area contributed by atoms with Crippen LogP contribution in [-0.2, 0) is 25.5 Å². The molecule has 0 fully saturated rings. The number of benzene rings is 1. The Morgan fingerprint density at radius 2 is 1.81 bits per heavy atom. The van der Waals surface area contributed by atoms with E-state index >= 15 is 0 Å². The molecule has 0 saturated carbocycles. The van der Waals surface area contributed by atoms with Crippen molar-refractivity contribution in [1.82, 2.24) is 5.64 Å². The summed E-state index contributed by atoms with van der Waals surface area (Å²) in [5.74, 6) is -2.35. The van der Waals surface area contributed by atoms with Crippen LogP contribution in [0.15, 0.2) is 17.7 Å². The first-order valence-electron chi connectivity index (χ1n) is 9.09. The average molecular weight is 475 g/mol. The molecule has 0 bridgehead atoms. The predicted molar refractivity (Wildman–Crippen MR) is 93.6 cm³/mol. The first kappa shape index (κ1) is 25.7. The van der Waals surface area contributed by atoms with Crippen molar-refractivity contribution < 1.29 is 60.1 Å². The highest BCUT2D eigenvalue weighted by Crippen LogP contribution is 2.42. The second kappa shape index (κ2) is 10.8. The quantitative estimate of drug-likeness (QED) is 0.230. The molecule has 0 amide bonds. The van der Waals surface area contributed by atoms with E-state index in [1.165, 1.54) is 12.6 Å². The number of hydrogen-bond acceptors (Lipinski definition) is 8. The van der Waals surface area contributed by atoms with Gasteiger partial charge in [-0.05, 0) is 30.2 Å². The van der Waals surface area contributed by atoms with Gasteiger partial charge < -0.3 is 18.9 Å². The van der Waals surface area contributed by atoms with E-state index in [0.29, 0.717) is 0 Å². The molecule has 2 rings (SSSR count). The zero-order valence-electron chi connectivity index (χ0n) is 16.5. The molecule has 0 aliphatic carbocycles. The number of nitrogens with one attached hydrogen (secondary N) is 1. The molecule has 180 valence electrons. The minimum atomic E-state index is -5.02. The fourth-order valence-corrected chi connectivity index (χ4v) is 2.75. The molecule has 8 nitrogen and oxygen atoms in total. The highest BCUT2D eigenvalue weighted by Gasteiger charge is 2.49. The van der Waals surface area contributed by atoms with E-state index in [-0.39, 0.29) is 43.1 Å². The highest BCUT2D eigenvalue weighted by molar-refractivity contribution is 5.96. The van der Waals surface area contributed by atoms with E-state index < -0.39 is 42.5 Å². The third-order valence-electron chi connectivity index (χ3n) is 4.00. The van der Waals surface area contributed by atoms with E-state index in [9.17, 15) is 31.1 Å².